The normalized spacial score (nSPS) is 20.1. The fourth-order valence-electron chi connectivity index (χ4n) is 2.73. The smallest absolute Gasteiger partial charge is 0.400 e. The van der Waals surface area contributed by atoms with Gasteiger partial charge in [-0.15, -0.1) is 0 Å². The summed E-state index contributed by atoms with van der Waals surface area (Å²) >= 11 is 0. The van der Waals surface area contributed by atoms with Crippen LogP contribution in [-0.2, 0) is 9.31 Å². The molecule has 0 bridgehead atoms. The summed E-state index contributed by atoms with van der Waals surface area (Å²) in [5, 5.41) is 3.20. The van der Waals surface area contributed by atoms with E-state index in [-0.39, 0.29) is 18.3 Å². The fourth-order valence-corrected chi connectivity index (χ4v) is 2.73. The number of hydrogen-bond acceptors (Lipinski definition) is 4. The molecule has 1 heterocycles. The molecule has 1 aliphatic heterocycles. The van der Waals surface area contributed by atoms with Gasteiger partial charge in [0.15, 0.2) is 0 Å². The second-order valence-corrected chi connectivity index (χ2v) is 7.42. The SMILES string of the molecule is CNCC(=Cc1cc(C)cc(C)c1N)B1OC(C)(C)C(C)(C)O1. The number of nitrogen functional groups attached to an aromatic ring is 1. The molecule has 4 nitrogen and oxygen atoms in total. The largest absolute Gasteiger partial charge is 0.491 e. The van der Waals surface area contributed by atoms with Crippen molar-refractivity contribution in [1.82, 2.24) is 5.32 Å². The number of benzene rings is 1. The first-order valence-electron chi connectivity index (χ1n) is 8.15. The minimum absolute atomic E-state index is 0.349. The Hall–Kier alpha value is -1.30. The average Bonchev–Trinajstić information content (AvgIpc) is 2.63. The van der Waals surface area contributed by atoms with Crippen LogP contribution in [-0.4, -0.2) is 31.9 Å². The molecule has 3 N–H and O–H groups in total. The van der Waals surface area contributed by atoms with Crippen LogP contribution in [0.3, 0.4) is 0 Å². The Morgan fingerprint density at radius 2 is 1.74 bits per heavy atom. The molecule has 1 aliphatic rings. The van der Waals surface area contributed by atoms with Gasteiger partial charge in [-0.25, -0.2) is 0 Å². The summed E-state index contributed by atoms with van der Waals surface area (Å²) in [6.07, 6.45) is 2.09. The lowest BCUT2D eigenvalue weighted by Gasteiger charge is -2.32. The second kappa shape index (κ2) is 6.31. The van der Waals surface area contributed by atoms with Gasteiger partial charge in [0, 0.05) is 12.2 Å². The number of likely N-dealkylation sites (N-methyl/N-ethyl adjacent to an activating group) is 1. The number of anilines is 1. The predicted molar refractivity (Wildman–Crippen MR) is 98.3 cm³/mol. The van der Waals surface area contributed by atoms with Crippen LogP contribution in [0.1, 0.15) is 44.4 Å². The topological polar surface area (TPSA) is 56.5 Å². The molecule has 1 aromatic carbocycles. The Morgan fingerprint density at radius 1 is 1.17 bits per heavy atom. The van der Waals surface area contributed by atoms with Crippen molar-refractivity contribution in [3.05, 3.63) is 34.3 Å². The highest BCUT2D eigenvalue weighted by Gasteiger charge is 2.52. The van der Waals surface area contributed by atoms with Crippen molar-refractivity contribution in [2.45, 2.75) is 52.7 Å². The molecule has 0 unspecified atom stereocenters. The third-order valence-electron chi connectivity index (χ3n) is 4.84. The van der Waals surface area contributed by atoms with E-state index in [1.54, 1.807) is 0 Å². The minimum atomic E-state index is -0.368. The van der Waals surface area contributed by atoms with E-state index >= 15 is 0 Å². The van der Waals surface area contributed by atoms with Gasteiger partial charge < -0.3 is 20.4 Å². The van der Waals surface area contributed by atoms with Gasteiger partial charge >= 0.3 is 7.12 Å². The summed E-state index contributed by atoms with van der Waals surface area (Å²) in [5.74, 6) is 0. The molecule has 0 atom stereocenters. The molecule has 126 valence electrons. The zero-order valence-electron chi connectivity index (χ0n) is 15.4. The molecule has 0 amide bonds. The number of hydrogen-bond donors (Lipinski definition) is 2. The van der Waals surface area contributed by atoms with Gasteiger partial charge in [0.1, 0.15) is 0 Å². The van der Waals surface area contributed by atoms with E-state index in [0.717, 1.165) is 22.3 Å². The molecule has 0 aromatic heterocycles. The molecule has 0 saturated carbocycles. The Kier molecular flexibility index (Phi) is 4.95. The van der Waals surface area contributed by atoms with Crippen LogP contribution < -0.4 is 11.1 Å². The summed E-state index contributed by atoms with van der Waals surface area (Å²) in [4.78, 5) is 0. The lowest BCUT2D eigenvalue weighted by Crippen LogP contribution is -2.41. The van der Waals surface area contributed by atoms with Crippen molar-refractivity contribution in [3.8, 4) is 0 Å². The molecule has 0 spiro atoms. The molecule has 1 fully saturated rings. The molecule has 0 aliphatic carbocycles. The van der Waals surface area contributed by atoms with Crippen LogP contribution in [0.15, 0.2) is 17.6 Å². The Bertz CT molecular complexity index is 608. The average molecular weight is 316 g/mol. The Labute approximate surface area is 140 Å². The number of aryl methyl sites for hydroxylation is 2. The zero-order valence-corrected chi connectivity index (χ0v) is 15.4. The third kappa shape index (κ3) is 3.62. The number of nitrogens with two attached hydrogens (primary N) is 1. The van der Waals surface area contributed by atoms with Gasteiger partial charge in [-0.05, 0) is 71.3 Å². The lowest BCUT2D eigenvalue weighted by molar-refractivity contribution is 0.00578. The lowest BCUT2D eigenvalue weighted by atomic mass is 9.76. The molecule has 1 aromatic rings. The predicted octanol–water partition coefficient (Wildman–Crippen LogP) is 3.12. The van der Waals surface area contributed by atoms with E-state index < -0.39 is 0 Å². The highest BCUT2D eigenvalue weighted by Crippen LogP contribution is 2.39. The first-order chi connectivity index (χ1) is 10.6. The van der Waals surface area contributed by atoms with Crippen LogP contribution >= 0.6 is 0 Å². The highest BCUT2D eigenvalue weighted by atomic mass is 16.7. The van der Waals surface area contributed by atoms with Crippen molar-refractivity contribution in [2.75, 3.05) is 19.3 Å². The van der Waals surface area contributed by atoms with E-state index in [9.17, 15) is 0 Å². The minimum Gasteiger partial charge on any atom is -0.400 e. The van der Waals surface area contributed by atoms with Crippen LogP contribution in [0.2, 0.25) is 0 Å². The van der Waals surface area contributed by atoms with Crippen molar-refractivity contribution in [3.63, 3.8) is 0 Å². The van der Waals surface area contributed by atoms with Crippen molar-refractivity contribution < 1.29 is 9.31 Å². The van der Waals surface area contributed by atoms with Crippen molar-refractivity contribution >= 4 is 18.9 Å². The van der Waals surface area contributed by atoms with Crippen molar-refractivity contribution in [1.29, 1.82) is 0 Å². The molecular formula is C18H29BN2O2. The first kappa shape index (κ1) is 18.0. The summed E-state index contributed by atoms with van der Waals surface area (Å²) in [5.41, 5.74) is 10.7. The summed E-state index contributed by atoms with van der Waals surface area (Å²) in [6, 6.07) is 4.20. The quantitative estimate of drug-likeness (QED) is 0.662. The molecular weight excluding hydrogens is 287 g/mol. The molecule has 1 saturated heterocycles. The maximum absolute atomic E-state index is 6.25. The number of nitrogens with one attached hydrogen (secondary N) is 1. The molecule has 2 rings (SSSR count). The Morgan fingerprint density at radius 3 is 2.26 bits per heavy atom. The number of rotatable bonds is 4. The van der Waals surface area contributed by atoms with E-state index in [0.29, 0.717) is 6.54 Å². The first-order valence-corrected chi connectivity index (χ1v) is 8.15. The van der Waals surface area contributed by atoms with E-state index in [1.807, 2.05) is 14.0 Å². The monoisotopic (exact) mass is 316 g/mol. The Balaban J connectivity index is 2.40. The van der Waals surface area contributed by atoms with E-state index in [1.165, 1.54) is 5.56 Å². The van der Waals surface area contributed by atoms with Crippen LogP contribution in [0.25, 0.3) is 6.08 Å². The van der Waals surface area contributed by atoms with Gasteiger partial charge in [0.25, 0.3) is 0 Å². The zero-order chi connectivity index (χ0) is 17.4. The van der Waals surface area contributed by atoms with Gasteiger partial charge in [-0.2, -0.15) is 0 Å². The van der Waals surface area contributed by atoms with Gasteiger partial charge in [0.05, 0.1) is 11.2 Å². The fraction of sp³-hybridized carbons (Fsp3) is 0.556. The standard InChI is InChI=1S/C18H29BN2O2/c1-12-8-13(2)16(20)14(9-12)10-15(11-21-7)19-22-17(3,4)18(5,6)23-19/h8-10,21H,11,20H2,1-7H3. The van der Waals surface area contributed by atoms with E-state index in [2.05, 4.69) is 58.1 Å². The maximum Gasteiger partial charge on any atom is 0.491 e. The summed E-state index contributed by atoms with van der Waals surface area (Å²) in [7, 11) is 1.55. The molecule has 5 heteroatoms. The van der Waals surface area contributed by atoms with Crippen LogP contribution in [0, 0.1) is 13.8 Å². The van der Waals surface area contributed by atoms with Crippen molar-refractivity contribution in [2.24, 2.45) is 0 Å². The second-order valence-electron chi connectivity index (χ2n) is 7.42. The van der Waals surface area contributed by atoms with Crippen LogP contribution in [0.4, 0.5) is 5.69 Å². The molecule has 0 radical (unpaired) electrons. The highest BCUT2D eigenvalue weighted by molar-refractivity contribution is 6.56. The van der Waals surface area contributed by atoms with E-state index in [4.69, 9.17) is 15.0 Å². The summed E-state index contributed by atoms with van der Waals surface area (Å²) in [6.45, 7) is 13.1. The van der Waals surface area contributed by atoms with Gasteiger partial charge in [-0.1, -0.05) is 17.7 Å². The summed E-state index contributed by atoms with van der Waals surface area (Å²) < 4.78 is 12.4. The third-order valence-corrected chi connectivity index (χ3v) is 4.84. The molecule has 23 heavy (non-hydrogen) atoms. The maximum atomic E-state index is 6.25. The van der Waals surface area contributed by atoms with Gasteiger partial charge in [0.2, 0.25) is 0 Å². The van der Waals surface area contributed by atoms with Crippen LogP contribution in [0.5, 0.6) is 0 Å². The van der Waals surface area contributed by atoms with Gasteiger partial charge in [-0.3, -0.25) is 0 Å².